The summed E-state index contributed by atoms with van der Waals surface area (Å²) in [6.07, 6.45) is 9.63. The fourth-order valence-corrected chi connectivity index (χ4v) is 3.17. The minimum absolute atomic E-state index is 0. The van der Waals surface area contributed by atoms with Gasteiger partial charge in [-0.15, -0.1) is 0 Å². The zero-order valence-electron chi connectivity index (χ0n) is 14.1. The molecule has 0 aliphatic heterocycles. The number of hydrogen-bond acceptors (Lipinski definition) is 4. The van der Waals surface area contributed by atoms with Crippen molar-refractivity contribution in [2.24, 2.45) is 0 Å². The van der Waals surface area contributed by atoms with E-state index in [4.69, 9.17) is 0 Å². The summed E-state index contributed by atoms with van der Waals surface area (Å²) in [6, 6.07) is 0. The predicted octanol–water partition coefficient (Wildman–Crippen LogP) is 0.945. The van der Waals surface area contributed by atoms with Crippen LogP contribution in [0.15, 0.2) is 0 Å². The van der Waals surface area contributed by atoms with Crippen LogP contribution in [0.2, 0.25) is 0 Å². The van der Waals surface area contributed by atoms with Gasteiger partial charge in [-0.2, -0.15) is 0 Å². The first kappa shape index (κ1) is 24.8. The van der Waals surface area contributed by atoms with Gasteiger partial charge in [-0.1, -0.05) is 65.2 Å². The van der Waals surface area contributed by atoms with Crippen molar-refractivity contribution < 1.29 is 69.5 Å². The maximum absolute atomic E-state index is 11.3. The molecule has 6 heteroatoms. The van der Waals surface area contributed by atoms with Crippen molar-refractivity contribution in [1.82, 2.24) is 0 Å². The summed E-state index contributed by atoms with van der Waals surface area (Å²) < 4.78 is 33.9. The molecule has 0 rings (SSSR count). The van der Waals surface area contributed by atoms with Crippen LogP contribution in [0.1, 0.15) is 90.9 Å². The molecule has 0 unspecified atom stereocenters. The number of hydrogen-bond donors (Lipinski definition) is 1. The van der Waals surface area contributed by atoms with Gasteiger partial charge in [0.1, 0.15) is 10.1 Å². The summed E-state index contributed by atoms with van der Waals surface area (Å²) in [5.74, 6) is 0. The van der Waals surface area contributed by atoms with Crippen LogP contribution in [0.25, 0.3) is 0 Å². The molecular formula is C15H31KO4S. The van der Waals surface area contributed by atoms with Crippen molar-refractivity contribution >= 4 is 10.1 Å². The average molecular weight is 347 g/mol. The standard InChI is InChI=1S/C15H32O4S.K/c1-3-5-7-9-11-13-15(16,20(17,18)19)14-12-10-8-6-4-2;/h16H,3-14H2,1-2H3,(H,17,18,19);/q;+1/p-1. The molecule has 0 fully saturated rings. The van der Waals surface area contributed by atoms with E-state index in [2.05, 4.69) is 13.8 Å². The molecule has 0 aliphatic carbocycles. The third-order valence-electron chi connectivity index (χ3n) is 3.81. The Morgan fingerprint density at radius 3 is 1.43 bits per heavy atom. The van der Waals surface area contributed by atoms with Gasteiger partial charge in [-0.05, 0) is 25.7 Å². The normalized spacial score (nSPS) is 12.2. The smallest absolute Gasteiger partial charge is 0.746 e. The Bertz CT molecular complexity index is 317. The van der Waals surface area contributed by atoms with E-state index >= 15 is 0 Å². The van der Waals surface area contributed by atoms with E-state index in [1.807, 2.05) is 0 Å². The first-order valence-electron chi connectivity index (χ1n) is 8.05. The Morgan fingerprint density at radius 1 is 0.810 bits per heavy atom. The van der Waals surface area contributed by atoms with E-state index in [0.717, 1.165) is 51.4 Å². The predicted molar refractivity (Wildman–Crippen MR) is 81.4 cm³/mol. The maximum atomic E-state index is 11.3. The molecule has 21 heavy (non-hydrogen) atoms. The Balaban J connectivity index is 0. The molecule has 0 aromatic rings. The molecule has 0 atom stereocenters. The largest absolute Gasteiger partial charge is 1.00 e. The zero-order valence-corrected chi connectivity index (χ0v) is 18.0. The van der Waals surface area contributed by atoms with Crippen molar-refractivity contribution in [2.45, 2.75) is 95.8 Å². The third-order valence-corrected chi connectivity index (χ3v) is 5.15. The van der Waals surface area contributed by atoms with Gasteiger partial charge in [0.25, 0.3) is 0 Å². The Kier molecular flexibility index (Phi) is 16.4. The van der Waals surface area contributed by atoms with E-state index in [1.165, 1.54) is 0 Å². The molecule has 0 heterocycles. The van der Waals surface area contributed by atoms with Crippen LogP contribution in [0.3, 0.4) is 0 Å². The summed E-state index contributed by atoms with van der Waals surface area (Å²) >= 11 is 0. The van der Waals surface area contributed by atoms with Crippen molar-refractivity contribution in [1.29, 1.82) is 0 Å². The SMILES string of the molecule is CCCCCCCC(O)(CCCCCCC)S(=O)(=O)[O-].[K+]. The molecule has 0 saturated heterocycles. The van der Waals surface area contributed by atoms with Crippen LogP contribution in [0.5, 0.6) is 0 Å². The van der Waals surface area contributed by atoms with Crippen molar-refractivity contribution in [3.63, 3.8) is 0 Å². The van der Waals surface area contributed by atoms with Crippen molar-refractivity contribution in [2.75, 3.05) is 0 Å². The zero-order chi connectivity index (χ0) is 15.5. The second kappa shape index (κ2) is 13.9. The number of rotatable bonds is 13. The minimum Gasteiger partial charge on any atom is -0.746 e. The van der Waals surface area contributed by atoms with Gasteiger partial charge in [-0.25, -0.2) is 8.42 Å². The topological polar surface area (TPSA) is 77.4 Å². The third kappa shape index (κ3) is 11.6. The van der Waals surface area contributed by atoms with E-state index in [1.54, 1.807) is 0 Å². The summed E-state index contributed by atoms with van der Waals surface area (Å²) in [4.78, 5) is -2.05. The van der Waals surface area contributed by atoms with E-state index in [-0.39, 0.29) is 64.2 Å². The molecular weight excluding hydrogens is 315 g/mol. The quantitative estimate of drug-likeness (QED) is 0.306. The van der Waals surface area contributed by atoms with E-state index in [0.29, 0.717) is 12.8 Å². The molecule has 0 amide bonds. The Hall–Kier alpha value is 1.51. The van der Waals surface area contributed by atoms with Crippen LogP contribution in [-0.4, -0.2) is 23.0 Å². The summed E-state index contributed by atoms with van der Waals surface area (Å²) in [5, 5.41) is 10.2. The van der Waals surface area contributed by atoms with Crippen LogP contribution >= 0.6 is 0 Å². The molecule has 1 N–H and O–H groups in total. The van der Waals surface area contributed by atoms with Gasteiger partial charge in [-0.3, -0.25) is 0 Å². The van der Waals surface area contributed by atoms with Gasteiger partial charge >= 0.3 is 51.4 Å². The maximum Gasteiger partial charge on any atom is 1.00 e. The monoisotopic (exact) mass is 346 g/mol. The first-order valence-corrected chi connectivity index (χ1v) is 9.46. The minimum atomic E-state index is -4.64. The van der Waals surface area contributed by atoms with Crippen molar-refractivity contribution in [3.8, 4) is 0 Å². The Morgan fingerprint density at radius 2 is 1.14 bits per heavy atom. The van der Waals surface area contributed by atoms with Crippen molar-refractivity contribution in [3.05, 3.63) is 0 Å². The van der Waals surface area contributed by atoms with Crippen LogP contribution < -0.4 is 51.4 Å². The van der Waals surface area contributed by atoms with Gasteiger partial charge in [0, 0.05) is 0 Å². The van der Waals surface area contributed by atoms with E-state index < -0.39 is 15.1 Å². The molecule has 4 nitrogen and oxygen atoms in total. The molecule has 0 spiro atoms. The molecule has 0 aliphatic rings. The summed E-state index contributed by atoms with van der Waals surface area (Å²) in [7, 11) is -4.64. The molecule has 0 bridgehead atoms. The molecule has 122 valence electrons. The number of unbranched alkanes of at least 4 members (excludes halogenated alkanes) is 8. The molecule has 0 radical (unpaired) electrons. The van der Waals surface area contributed by atoms with Crippen LogP contribution in [0, 0.1) is 0 Å². The fraction of sp³-hybridized carbons (Fsp3) is 1.00. The van der Waals surface area contributed by atoms with Gasteiger partial charge in [0.2, 0.25) is 0 Å². The fourth-order valence-electron chi connectivity index (χ4n) is 2.38. The molecule has 0 aromatic heterocycles. The van der Waals surface area contributed by atoms with Crippen LogP contribution in [0.4, 0.5) is 0 Å². The van der Waals surface area contributed by atoms with Gasteiger partial charge in [0.15, 0.2) is 4.93 Å². The second-order valence-corrected chi connectivity index (χ2v) is 7.40. The average Bonchev–Trinajstić information content (AvgIpc) is 2.37. The van der Waals surface area contributed by atoms with E-state index in [9.17, 15) is 18.1 Å². The molecule has 0 saturated carbocycles. The first-order chi connectivity index (χ1) is 9.37. The summed E-state index contributed by atoms with van der Waals surface area (Å²) in [5.41, 5.74) is 0. The van der Waals surface area contributed by atoms with Gasteiger partial charge in [0.05, 0.1) is 0 Å². The second-order valence-electron chi connectivity index (χ2n) is 5.73. The summed E-state index contributed by atoms with van der Waals surface area (Å²) in [6.45, 7) is 4.21. The molecule has 0 aromatic carbocycles. The number of aliphatic hydroxyl groups is 1. The van der Waals surface area contributed by atoms with Crippen LogP contribution in [-0.2, 0) is 10.1 Å². The van der Waals surface area contributed by atoms with Gasteiger partial charge < -0.3 is 9.66 Å². The Labute approximate surface area is 173 Å².